The molecule has 0 unspecified atom stereocenters. The van der Waals surface area contributed by atoms with Crippen LogP contribution in [0, 0.1) is 5.82 Å². The summed E-state index contributed by atoms with van der Waals surface area (Å²) in [7, 11) is -3.50. The Bertz CT molecular complexity index is 469. The van der Waals surface area contributed by atoms with Gasteiger partial charge in [-0.2, -0.15) is 16.1 Å². The van der Waals surface area contributed by atoms with E-state index in [4.69, 9.17) is 0 Å². The van der Waals surface area contributed by atoms with Crippen LogP contribution in [0.3, 0.4) is 0 Å². The van der Waals surface area contributed by atoms with E-state index in [1.54, 1.807) is 11.8 Å². The highest BCUT2D eigenvalue weighted by molar-refractivity contribution is 7.99. The summed E-state index contributed by atoms with van der Waals surface area (Å²) in [6.07, 6.45) is 0. The van der Waals surface area contributed by atoms with Gasteiger partial charge < -0.3 is 0 Å². The van der Waals surface area contributed by atoms with Gasteiger partial charge in [0.25, 0.3) is 0 Å². The summed E-state index contributed by atoms with van der Waals surface area (Å²) in [5.41, 5.74) is 0. The lowest BCUT2D eigenvalue weighted by Crippen LogP contribution is -2.37. The van der Waals surface area contributed by atoms with E-state index in [2.05, 4.69) is 0 Å². The minimum absolute atomic E-state index is 0.0411. The van der Waals surface area contributed by atoms with Crippen LogP contribution in [0.15, 0.2) is 29.2 Å². The Hall–Kier alpha value is -0.590. The SMILES string of the molecule is O=S(=O)(c1cccc(F)c1)N1CCSCC1. The zero-order valence-corrected chi connectivity index (χ0v) is 10.2. The van der Waals surface area contributed by atoms with Gasteiger partial charge in [-0.1, -0.05) is 6.07 Å². The fourth-order valence-electron chi connectivity index (χ4n) is 1.56. The van der Waals surface area contributed by atoms with Crippen LogP contribution in [-0.4, -0.2) is 37.3 Å². The molecule has 2 rings (SSSR count). The van der Waals surface area contributed by atoms with Crippen molar-refractivity contribution in [2.75, 3.05) is 24.6 Å². The van der Waals surface area contributed by atoms with Crippen LogP contribution in [0.1, 0.15) is 0 Å². The maximum Gasteiger partial charge on any atom is 0.243 e. The lowest BCUT2D eigenvalue weighted by Gasteiger charge is -2.25. The first-order valence-electron chi connectivity index (χ1n) is 4.94. The lowest BCUT2D eigenvalue weighted by molar-refractivity contribution is 0.443. The predicted octanol–water partition coefficient (Wildman–Crippen LogP) is 1.56. The maximum atomic E-state index is 13.0. The number of halogens is 1. The van der Waals surface area contributed by atoms with Crippen LogP contribution >= 0.6 is 11.8 Å². The van der Waals surface area contributed by atoms with Gasteiger partial charge in [-0.3, -0.25) is 0 Å². The number of sulfonamides is 1. The molecule has 1 heterocycles. The van der Waals surface area contributed by atoms with E-state index in [1.807, 2.05) is 0 Å². The van der Waals surface area contributed by atoms with Gasteiger partial charge in [0.1, 0.15) is 5.82 Å². The van der Waals surface area contributed by atoms with Crippen LogP contribution in [0.5, 0.6) is 0 Å². The lowest BCUT2D eigenvalue weighted by atomic mass is 10.4. The van der Waals surface area contributed by atoms with Crippen molar-refractivity contribution in [2.24, 2.45) is 0 Å². The summed E-state index contributed by atoms with van der Waals surface area (Å²) in [5, 5.41) is 0. The Morgan fingerprint density at radius 2 is 1.94 bits per heavy atom. The Balaban J connectivity index is 2.30. The molecule has 0 amide bonds. The molecule has 3 nitrogen and oxygen atoms in total. The summed E-state index contributed by atoms with van der Waals surface area (Å²) >= 11 is 1.73. The van der Waals surface area contributed by atoms with Crippen molar-refractivity contribution in [3.63, 3.8) is 0 Å². The second-order valence-corrected chi connectivity index (χ2v) is 6.64. The maximum absolute atomic E-state index is 13.0. The van der Waals surface area contributed by atoms with E-state index in [0.717, 1.165) is 17.6 Å². The van der Waals surface area contributed by atoms with Gasteiger partial charge in [-0.25, -0.2) is 12.8 Å². The molecule has 1 fully saturated rings. The van der Waals surface area contributed by atoms with Crippen molar-refractivity contribution in [1.82, 2.24) is 4.31 Å². The van der Waals surface area contributed by atoms with Crippen molar-refractivity contribution in [3.05, 3.63) is 30.1 Å². The van der Waals surface area contributed by atoms with Gasteiger partial charge in [-0.05, 0) is 18.2 Å². The first-order valence-corrected chi connectivity index (χ1v) is 7.53. The number of nitrogens with zero attached hydrogens (tertiary/aromatic N) is 1. The molecule has 0 aliphatic carbocycles. The molecule has 0 N–H and O–H groups in total. The third kappa shape index (κ3) is 2.39. The van der Waals surface area contributed by atoms with Gasteiger partial charge in [-0.15, -0.1) is 0 Å². The summed E-state index contributed by atoms with van der Waals surface area (Å²) in [4.78, 5) is 0.0411. The van der Waals surface area contributed by atoms with Crippen molar-refractivity contribution in [2.45, 2.75) is 4.90 Å². The monoisotopic (exact) mass is 261 g/mol. The van der Waals surface area contributed by atoms with Gasteiger partial charge >= 0.3 is 0 Å². The summed E-state index contributed by atoms with van der Waals surface area (Å²) < 4.78 is 38.6. The first-order chi connectivity index (χ1) is 7.60. The third-order valence-corrected chi connectivity index (χ3v) is 5.24. The van der Waals surface area contributed by atoms with Crippen LogP contribution in [0.25, 0.3) is 0 Å². The Morgan fingerprint density at radius 3 is 2.56 bits per heavy atom. The molecule has 6 heteroatoms. The van der Waals surface area contributed by atoms with Gasteiger partial charge in [0.15, 0.2) is 0 Å². The predicted molar refractivity (Wildman–Crippen MR) is 62.5 cm³/mol. The average molecular weight is 261 g/mol. The molecular formula is C10H12FNO2S2. The Labute approximate surface area is 98.7 Å². The average Bonchev–Trinajstić information content (AvgIpc) is 2.30. The summed E-state index contributed by atoms with van der Waals surface area (Å²) in [6.45, 7) is 1.01. The number of thioether (sulfide) groups is 1. The molecular weight excluding hydrogens is 249 g/mol. The van der Waals surface area contributed by atoms with Crippen LogP contribution in [0.2, 0.25) is 0 Å². The largest absolute Gasteiger partial charge is 0.243 e. The summed E-state index contributed by atoms with van der Waals surface area (Å²) in [6, 6.07) is 5.16. The molecule has 16 heavy (non-hydrogen) atoms. The molecule has 0 saturated carbocycles. The number of hydrogen-bond acceptors (Lipinski definition) is 3. The standard InChI is InChI=1S/C10H12FNO2S2/c11-9-2-1-3-10(8-9)16(13,14)12-4-6-15-7-5-12/h1-3,8H,4-7H2. The molecule has 0 aromatic heterocycles. The van der Waals surface area contributed by atoms with E-state index in [9.17, 15) is 12.8 Å². The van der Waals surface area contributed by atoms with Gasteiger partial charge in [0, 0.05) is 24.6 Å². The zero-order chi connectivity index (χ0) is 11.6. The third-order valence-electron chi connectivity index (χ3n) is 2.40. The number of rotatable bonds is 2. The molecule has 1 aliphatic rings. The Morgan fingerprint density at radius 1 is 1.25 bits per heavy atom. The topological polar surface area (TPSA) is 37.4 Å². The molecule has 0 bridgehead atoms. The van der Waals surface area contributed by atoms with Crippen LogP contribution in [0.4, 0.5) is 4.39 Å². The van der Waals surface area contributed by atoms with Gasteiger partial charge in [0.2, 0.25) is 10.0 Å². The van der Waals surface area contributed by atoms with Crippen molar-refractivity contribution < 1.29 is 12.8 Å². The van der Waals surface area contributed by atoms with Crippen molar-refractivity contribution in [1.29, 1.82) is 0 Å². The molecule has 0 atom stereocenters. The van der Waals surface area contributed by atoms with Crippen molar-refractivity contribution in [3.8, 4) is 0 Å². The number of benzene rings is 1. The van der Waals surface area contributed by atoms with E-state index in [-0.39, 0.29) is 4.90 Å². The molecule has 88 valence electrons. The van der Waals surface area contributed by atoms with E-state index >= 15 is 0 Å². The Kier molecular flexibility index (Phi) is 3.51. The minimum Gasteiger partial charge on any atom is -0.207 e. The highest BCUT2D eigenvalue weighted by atomic mass is 32.2. The van der Waals surface area contributed by atoms with E-state index < -0.39 is 15.8 Å². The van der Waals surface area contributed by atoms with Gasteiger partial charge in [0.05, 0.1) is 4.90 Å². The van der Waals surface area contributed by atoms with Crippen molar-refractivity contribution >= 4 is 21.8 Å². The highest BCUT2D eigenvalue weighted by Gasteiger charge is 2.26. The second-order valence-electron chi connectivity index (χ2n) is 3.47. The summed E-state index contributed by atoms with van der Waals surface area (Å²) in [5.74, 6) is 1.08. The minimum atomic E-state index is -3.50. The quantitative estimate of drug-likeness (QED) is 0.811. The van der Waals surface area contributed by atoms with Crippen LogP contribution in [-0.2, 0) is 10.0 Å². The smallest absolute Gasteiger partial charge is 0.207 e. The molecule has 1 saturated heterocycles. The van der Waals surface area contributed by atoms with E-state index in [1.165, 1.54) is 22.5 Å². The molecule has 0 radical (unpaired) electrons. The fourth-order valence-corrected chi connectivity index (χ4v) is 4.17. The zero-order valence-electron chi connectivity index (χ0n) is 8.60. The van der Waals surface area contributed by atoms with E-state index in [0.29, 0.717) is 13.1 Å². The number of hydrogen-bond donors (Lipinski definition) is 0. The second kappa shape index (κ2) is 4.73. The van der Waals surface area contributed by atoms with Crippen LogP contribution < -0.4 is 0 Å². The normalized spacial score (nSPS) is 18.6. The highest BCUT2D eigenvalue weighted by Crippen LogP contribution is 2.20. The molecule has 1 aromatic carbocycles. The molecule has 1 aromatic rings. The molecule has 0 spiro atoms. The molecule has 1 aliphatic heterocycles. The fraction of sp³-hybridized carbons (Fsp3) is 0.400. The first kappa shape index (κ1) is 11.9.